The predicted octanol–water partition coefficient (Wildman–Crippen LogP) is 2.70. The van der Waals surface area contributed by atoms with Gasteiger partial charge in [-0.3, -0.25) is 14.6 Å². The van der Waals surface area contributed by atoms with Crippen LogP contribution in [0, 0.1) is 11.3 Å². The minimum Gasteiger partial charge on any atom is -0.346 e. The van der Waals surface area contributed by atoms with Crippen LogP contribution in [-0.4, -0.2) is 22.7 Å². The van der Waals surface area contributed by atoms with Gasteiger partial charge in [-0.05, 0) is 29.4 Å². The Labute approximate surface area is 126 Å². The van der Waals surface area contributed by atoms with E-state index in [1.807, 2.05) is 46.0 Å². The number of carbonyl (C=O) groups is 2. The van der Waals surface area contributed by atoms with E-state index >= 15 is 0 Å². The van der Waals surface area contributed by atoms with E-state index in [0.717, 1.165) is 12.0 Å². The van der Waals surface area contributed by atoms with Crippen molar-refractivity contribution < 1.29 is 9.59 Å². The highest BCUT2D eigenvalue weighted by atomic mass is 16.2. The lowest BCUT2D eigenvalue weighted by Gasteiger charge is -2.30. The summed E-state index contributed by atoms with van der Waals surface area (Å²) in [6.45, 7) is 7.79. The third-order valence-electron chi connectivity index (χ3n) is 4.06. The standard InChI is InChI=1S/C17H24N2O2/c1-5-14(20)15(17(2,3)4)19-16(21)13-9-12(13)11-7-6-8-18-10-11/h6-8,10,12-13,15H,5,9H2,1-4H3,(H,19,21)/t12-,13?,15-/m1/s1. The lowest BCUT2D eigenvalue weighted by atomic mass is 9.83. The summed E-state index contributed by atoms with van der Waals surface area (Å²) in [5.41, 5.74) is 0.841. The van der Waals surface area contributed by atoms with Crippen molar-refractivity contribution in [3.8, 4) is 0 Å². The summed E-state index contributed by atoms with van der Waals surface area (Å²) < 4.78 is 0. The molecule has 1 aromatic heterocycles. The molecule has 0 radical (unpaired) electrons. The van der Waals surface area contributed by atoms with Gasteiger partial charge in [-0.15, -0.1) is 0 Å². The Balaban J connectivity index is 2.00. The molecule has 0 aliphatic heterocycles. The number of ketones is 1. The minimum atomic E-state index is -0.412. The Hall–Kier alpha value is -1.71. The summed E-state index contributed by atoms with van der Waals surface area (Å²) in [4.78, 5) is 28.5. The highest BCUT2D eigenvalue weighted by Crippen LogP contribution is 2.47. The van der Waals surface area contributed by atoms with E-state index in [9.17, 15) is 9.59 Å². The summed E-state index contributed by atoms with van der Waals surface area (Å²) in [5, 5.41) is 2.96. The van der Waals surface area contributed by atoms with Gasteiger partial charge >= 0.3 is 0 Å². The number of aromatic nitrogens is 1. The number of nitrogens with zero attached hydrogens (tertiary/aromatic N) is 1. The van der Waals surface area contributed by atoms with E-state index in [2.05, 4.69) is 10.3 Å². The number of hydrogen-bond donors (Lipinski definition) is 1. The number of carbonyl (C=O) groups excluding carboxylic acids is 2. The van der Waals surface area contributed by atoms with Gasteiger partial charge in [0.15, 0.2) is 5.78 Å². The van der Waals surface area contributed by atoms with Gasteiger partial charge in [-0.2, -0.15) is 0 Å². The molecule has 2 rings (SSSR count). The van der Waals surface area contributed by atoms with Crippen LogP contribution in [0.5, 0.6) is 0 Å². The average Bonchev–Trinajstić information content (AvgIpc) is 3.24. The fraction of sp³-hybridized carbons (Fsp3) is 0.588. The number of pyridine rings is 1. The zero-order valence-corrected chi connectivity index (χ0v) is 13.2. The molecular weight excluding hydrogens is 264 g/mol. The van der Waals surface area contributed by atoms with E-state index in [1.54, 1.807) is 6.20 Å². The minimum absolute atomic E-state index is 0.00872. The normalized spacial score (nSPS) is 22.5. The molecule has 1 heterocycles. The van der Waals surface area contributed by atoms with Gasteiger partial charge < -0.3 is 5.32 Å². The highest BCUT2D eigenvalue weighted by molar-refractivity contribution is 5.91. The first kappa shape index (κ1) is 15.7. The van der Waals surface area contributed by atoms with E-state index in [0.29, 0.717) is 6.42 Å². The van der Waals surface area contributed by atoms with Crippen molar-refractivity contribution in [3.63, 3.8) is 0 Å². The van der Waals surface area contributed by atoms with Gasteiger partial charge in [0, 0.05) is 24.7 Å². The predicted molar refractivity (Wildman–Crippen MR) is 81.8 cm³/mol. The van der Waals surface area contributed by atoms with Crippen molar-refractivity contribution in [1.82, 2.24) is 10.3 Å². The molecule has 0 saturated heterocycles. The lowest BCUT2D eigenvalue weighted by Crippen LogP contribution is -2.49. The molecule has 1 aliphatic carbocycles. The first-order valence-electron chi connectivity index (χ1n) is 7.57. The van der Waals surface area contributed by atoms with Crippen molar-refractivity contribution >= 4 is 11.7 Å². The molecule has 21 heavy (non-hydrogen) atoms. The van der Waals surface area contributed by atoms with E-state index in [-0.39, 0.29) is 28.9 Å². The van der Waals surface area contributed by atoms with E-state index < -0.39 is 6.04 Å². The van der Waals surface area contributed by atoms with Crippen LogP contribution >= 0.6 is 0 Å². The monoisotopic (exact) mass is 288 g/mol. The van der Waals surface area contributed by atoms with Crippen LogP contribution in [-0.2, 0) is 9.59 Å². The molecule has 1 amide bonds. The summed E-state index contributed by atoms with van der Waals surface area (Å²) in [6.07, 6.45) is 4.83. The van der Waals surface area contributed by atoms with Gasteiger partial charge in [0.2, 0.25) is 5.91 Å². The van der Waals surface area contributed by atoms with Gasteiger partial charge in [0.05, 0.1) is 6.04 Å². The molecule has 1 aromatic rings. The molecule has 114 valence electrons. The summed E-state index contributed by atoms with van der Waals surface area (Å²) in [5.74, 6) is 0.305. The van der Waals surface area contributed by atoms with E-state index in [4.69, 9.17) is 0 Å². The van der Waals surface area contributed by atoms with Gasteiger partial charge in [-0.1, -0.05) is 33.8 Å². The molecule has 1 N–H and O–H groups in total. The molecule has 0 bridgehead atoms. The van der Waals surface area contributed by atoms with E-state index in [1.165, 1.54) is 0 Å². The van der Waals surface area contributed by atoms with Crippen LogP contribution in [0.15, 0.2) is 24.5 Å². The number of nitrogens with one attached hydrogen (secondary N) is 1. The Bertz CT molecular complexity index is 519. The molecule has 1 unspecified atom stereocenters. The van der Waals surface area contributed by atoms with Crippen LogP contribution in [0.1, 0.15) is 52.0 Å². The second kappa shape index (κ2) is 5.96. The van der Waals surface area contributed by atoms with Crippen molar-refractivity contribution in [3.05, 3.63) is 30.1 Å². The fourth-order valence-corrected chi connectivity index (χ4v) is 2.68. The van der Waals surface area contributed by atoms with Gasteiger partial charge in [-0.25, -0.2) is 0 Å². The molecule has 3 atom stereocenters. The third kappa shape index (κ3) is 3.69. The fourth-order valence-electron chi connectivity index (χ4n) is 2.68. The number of hydrogen-bond acceptors (Lipinski definition) is 3. The first-order valence-corrected chi connectivity index (χ1v) is 7.57. The average molecular weight is 288 g/mol. The maximum atomic E-state index is 12.4. The molecule has 0 spiro atoms. The van der Waals surface area contributed by atoms with Crippen LogP contribution in [0.3, 0.4) is 0 Å². The Morgan fingerprint density at radius 1 is 1.43 bits per heavy atom. The van der Waals surface area contributed by atoms with Crippen LogP contribution in [0.4, 0.5) is 0 Å². The van der Waals surface area contributed by atoms with Crippen molar-refractivity contribution in [2.75, 3.05) is 0 Å². The smallest absolute Gasteiger partial charge is 0.224 e. The molecular formula is C17H24N2O2. The van der Waals surface area contributed by atoms with Crippen molar-refractivity contribution in [2.45, 2.75) is 52.5 Å². The highest BCUT2D eigenvalue weighted by Gasteiger charge is 2.45. The quantitative estimate of drug-likeness (QED) is 0.906. The summed E-state index contributed by atoms with van der Waals surface area (Å²) >= 11 is 0. The zero-order valence-electron chi connectivity index (χ0n) is 13.2. The number of amides is 1. The molecule has 1 fully saturated rings. The third-order valence-corrected chi connectivity index (χ3v) is 4.06. The summed E-state index contributed by atoms with van der Waals surface area (Å²) in [6, 6.07) is 3.48. The Morgan fingerprint density at radius 3 is 2.67 bits per heavy atom. The molecule has 1 aliphatic rings. The van der Waals surface area contributed by atoms with Crippen LogP contribution in [0.25, 0.3) is 0 Å². The van der Waals surface area contributed by atoms with Crippen molar-refractivity contribution in [1.29, 1.82) is 0 Å². The SMILES string of the molecule is CCC(=O)[C@@H](NC(=O)C1C[C@@H]1c1cccnc1)C(C)(C)C. The largest absolute Gasteiger partial charge is 0.346 e. The second-order valence-electron chi connectivity index (χ2n) is 6.86. The lowest BCUT2D eigenvalue weighted by molar-refractivity contribution is -0.130. The molecule has 1 saturated carbocycles. The maximum absolute atomic E-state index is 12.4. The molecule has 4 heteroatoms. The molecule has 4 nitrogen and oxygen atoms in total. The number of Topliss-reactive ketones (excluding diaryl/α,β-unsaturated/α-hetero) is 1. The van der Waals surface area contributed by atoms with Crippen LogP contribution < -0.4 is 5.32 Å². The molecule has 0 aromatic carbocycles. The second-order valence-corrected chi connectivity index (χ2v) is 6.86. The first-order chi connectivity index (χ1) is 9.84. The Morgan fingerprint density at radius 2 is 2.14 bits per heavy atom. The number of rotatable bonds is 5. The topological polar surface area (TPSA) is 59.1 Å². The van der Waals surface area contributed by atoms with Crippen molar-refractivity contribution in [2.24, 2.45) is 11.3 Å². The van der Waals surface area contributed by atoms with Gasteiger partial charge in [0.25, 0.3) is 0 Å². The Kier molecular flexibility index (Phi) is 4.45. The maximum Gasteiger partial charge on any atom is 0.224 e. The van der Waals surface area contributed by atoms with Gasteiger partial charge in [0.1, 0.15) is 0 Å². The van der Waals surface area contributed by atoms with Crippen LogP contribution in [0.2, 0.25) is 0 Å². The zero-order chi connectivity index (χ0) is 15.6. The summed E-state index contributed by atoms with van der Waals surface area (Å²) in [7, 11) is 0.